The number of H-pyrrole nitrogens is 1. The van der Waals surface area contributed by atoms with Crippen LogP contribution in [0.4, 0.5) is 5.82 Å². The van der Waals surface area contributed by atoms with Crippen LogP contribution >= 0.6 is 31.9 Å². The van der Waals surface area contributed by atoms with E-state index >= 15 is 0 Å². The fourth-order valence-corrected chi connectivity index (χ4v) is 3.24. The molecule has 3 N–H and O–H groups in total. The van der Waals surface area contributed by atoms with Gasteiger partial charge in [-0.1, -0.05) is 56.1 Å². The zero-order valence-electron chi connectivity index (χ0n) is 11.3. The highest BCUT2D eigenvalue weighted by molar-refractivity contribution is 9.10. The van der Waals surface area contributed by atoms with Crippen molar-refractivity contribution >= 4 is 37.7 Å². The summed E-state index contributed by atoms with van der Waals surface area (Å²) in [6.45, 7) is 2.06. The van der Waals surface area contributed by atoms with Gasteiger partial charge in [0.2, 0.25) is 0 Å². The number of nitrogen functional groups attached to an aromatic ring is 1. The summed E-state index contributed by atoms with van der Waals surface area (Å²) in [4.78, 5) is 0. The van der Waals surface area contributed by atoms with Crippen LogP contribution in [-0.4, -0.2) is 10.2 Å². The second-order valence-corrected chi connectivity index (χ2v) is 6.62. The molecule has 3 nitrogen and oxygen atoms in total. The molecule has 106 valence electrons. The van der Waals surface area contributed by atoms with Crippen LogP contribution in [-0.2, 0) is 0 Å². The third-order valence-electron chi connectivity index (χ3n) is 3.32. The van der Waals surface area contributed by atoms with E-state index in [0.717, 1.165) is 31.3 Å². The Morgan fingerprint density at radius 2 is 1.76 bits per heavy atom. The Hall–Kier alpha value is -1.59. The first-order chi connectivity index (χ1) is 10.1. The zero-order chi connectivity index (χ0) is 15.0. The van der Waals surface area contributed by atoms with Crippen LogP contribution in [0.5, 0.6) is 0 Å². The van der Waals surface area contributed by atoms with E-state index < -0.39 is 0 Å². The van der Waals surface area contributed by atoms with Crippen molar-refractivity contribution in [1.82, 2.24) is 10.2 Å². The Kier molecular flexibility index (Phi) is 3.87. The van der Waals surface area contributed by atoms with Crippen molar-refractivity contribution in [2.24, 2.45) is 0 Å². The predicted octanol–water partition coefficient (Wildman–Crippen LogP) is 5.16. The van der Waals surface area contributed by atoms with Crippen LogP contribution in [0.2, 0.25) is 0 Å². The molecular weight excluding hydrogens is 394 g/mol. The minimum absolute atomic E-state index is 0.500. The lowest BCUT2D eigenvalue weighted by Crippen LogP contribution is -1.89. The van der Waals surface area contributed by atoms with Gasteiger partial charge in [-0.2, -0.15) is 5.10 Å². The number of nitrogens with zero attached hydrogens (tertiary/aromatic N) is 1. The van der Waals surface area contributed by atoms with Crippen LogP contribution in [0.15, 0.2) is 51.4 Å². The largest absolute Gasteiger partial charge is 0.382 e. The first-order valence-electron chi connectivity index (χ1n) is 6.42. The number of hydrogen-bond donors (Lipinski definition) is 2. The summed E-state index contributed by atoms with van der Waals surface area (Å²) in [7, 11) is 0. The van der Waals surface area contributed by atoms with E-state index in [0.29, 0.717) is 5.82 Å². The molecule has 0 fully saturated rings. The number of aromatic nitrogens is 2. The molecule has 1 heterocycles. The molecular formula is C16H13Br2N3. The first kappa shape index (κ1) is 14.4. The van der Waals surface area contributed by atoms with Crippen LogP contribution in [0.25, 0.3) is 22.4 Å². The van der Waals surface area contributed by atoms with Crippen LogP contribution in [0, 0.1) is 6.92 Å². The number of anilines is 1. The van der Waals surface area contributed by atoms with Gasteiger partial charge in [-0.15, -0.1) is 0 Å². The zero-order valence-corrected chi connectivity index (χ0v) is 14.5. The van der Waals surface area contributed by atoms with Crippen molar-refractivity contribution in [1.29, 1.82) is 0 Å². The lowest BCUT2D eigenvalue weighted by molar-refractivity contribution is 1.10. The third kappa shape index (κ3) is 2.76. The molecule has 0 atom stereocenters. The Labute approximate surface area is 139 Å². The highest BCUT2D eigenvalue weighted by Gasteiger charge is 2.16. The molecule has 0 aliphatic rings. The molecule has 21 heavy (non-hydrogen) atoms. The van der Waals surface area contributed by atoms with E-state index in [1.165, 1.54) is 5.56 Å². The number of rotatable bonds is 2. The van der Waals surface area contributed by atoms with E-state index in [4.69, 9.17) is 5.73 Å². The van der Waals surface area contributed by atoms with E-state index in [-0.39, 0.29) is 0 Å². The van der Waals surface area contributed by atoms with Crippen molar-refractivity contribution in [3.8, 4) is 22.4 Å². The average molecular weight is 407 g/mol. The van der Waals surface area contributed by atoms with Gasteiger partial charge < -0.3 is 5.73 Å². The second kappa shape index (κ2) is 5.66. The topological polar surface area (TPSA) is 54.7 Å². The maximum absolute atomic E-state index is 6.06. The van der Waals surface area contributed by atoms with Gasteiger partial charge in [-0.25, -0.2) is 0 Å². The maximum atomic E-state index is 6.06. The van der Waals surface area contributed by atoms with Gasteiger partial charge in [0.25, 0.3) is 0 Å². The van der Waals surface area contributed by atoms with Crippen molar-refractivity contribution in [2.45, 2.75) is 6.92 Å². The fourth-order valence-electron chi connectivity index (χ4n) is 2.28. The fraction of sp³-hybridized carbons (Fsp3) is 0.0625. The number of nitrogens with two attached hydrogens (primary N) is 1. The average Bonchev–Trinajstić information content (AvgIpc) is 2.82. The standard InChI is InChI=1S/C16H13Br2N3/c1-9-2-7-12(13(18)8-9)15-14(16(19)21-20-15)10-3-5-11(17)6-4-10/h2-8H,1H3,(H3,19,20,21). The quantitative estimate of drug-likeness (QED) is 0.617. The van der Waals surface area contributed by atoms with Gasteiger partial charge >= 0.3 is 0 Å². The molecule has 3 rings (SSSR count). The Morgan fingerprint density at radius 3 is 2.43 bits per heavy atom. The molecule has 0 radical (unpaired) electrons. The minimum Gasteiger partial charge on any atom is -0.382 e. The van der Waals surface area contributed by atoms with E-state index in [2.05, 4.69) is 67.2 Å². The highest BCUT2D eigenvalue weighted by atomic mass is 79.9. The normalized spacial score (nSPS) is 10.8. The third-order valence-corrected chi connectivity index (χ3v) is 4.51. The number of benzene rings is 2. The highest BCUT2D eigenvalue weighted by Crippen LogP contribution is 2.38. The van der Waals surface area contributed by atoms with E-state index in [1.54, 1.807) is 0 Å². The van der Waals surface area contributed by atoms with Crippen LogP contribution in [0.3, 0.4) is 0 Å². The monoisotopic (exact) mass is 405 g/mol. The second-order valence-electron chi connectivity index (χ2n) is 4.85. The number of hydrogen-bond acceptors (Lipinski definition) is 2. The maximum Gasteiger partial charge on any atom is 0.153 e. The van der Waals surface area contributed by atoms with Crippen molar-refractivity contribution in [3.05, 3.63) is 57.0 Å². The molecule has 3 aromatic rings. The summed E-state index contributed by atoms with van der Waals surface area (Å²) in [5.74, 6) is 0.500. The van der Waals surface area contributed by atoms with Gasteiger partial charge in [0, 0.05) is 14.5 Å². The molecule has 0 saturated carbocycles. The number of aromatic amines is 1. The summed E-state index contributed by atoms with van der Waals surface area (Å²) >= 11 is 7.06. The molecule has 0 aliphatic heterocycles. The molecule has 0 bridgehead atoms. The lowest BCUT2D eigenvalue weighted by Gasteiger charge is -2.08. The molecule has 0 unspecified atom stereocenters. The molecule has 0 spiro atoms. The summed E-state index contributed by atoms with van der Waals surface area (Å²) < 4.78 is 2.05. The number of nitrogens with one attached hydrogen (secondary N) is 1. The first-order valence-corrected chi connectivity index (χ1v) is 8.01. The van der Waals surface area contributed by atoms with Crippen molar-refractivity contribution in [3.63, 3.8) is 0 Å². The Bertz CT molecular complexity index is 792. The SMILES string of the molecule is Cc1ccc(-c2[nH]nc(N)c2-c2ccc(Br)cc2)c(Br)c1. The van der Waals surface area contributed by atoms with Gasteiger partial charge in [0.1, 0.15) is 0 Å². The summed E-state index contributed by atoms with van der Waals surface area (Å²) in [5.41, 5.74) is 11.2. The molecule has 0 amide bonds. The van der Waals surface area contributed by atoms with Gasteiger partial charge in [-0.3, -0.25) is 5.10 Å². The van der Waals surface area contributed by atoms with E-state index in [9.17, 15) is 0 Å². The number of aryl methyl sites for hydroxylation is 1. The van der Waals surface area contributed by atoms with E-state index in [1.807, 2.05) is 24.3 Å². The van der Waals surface area contributed by atoms with Crippen molar-refractivity contribution in [2.75, 3.05) is 5.73 Å². The Morgan fingerprint density at radius 1 is 1.05 bits per heavy atom. The molecule has 5 heteroatoms. The lowest BCUT2D eigenvalue weighted by atomic mass is 10.0. The van der Waals surface area contributed by atoms with Gasteiger partial charge in [-0.05, 0) is 36.2 Å². The van der Waals surface area contributed by atoms with Gasteiger partial charge in [0.05, 0.1) is 11.3 Å². The van der Waals surface area contributed by atoms with Gasteiger partial charge in [0.15, 0.2) is 5.82 Å². The minimum atomic E-state index is 0.500. The molecule has 0 saturated heterocycles. The molecule has 1 aromatic heterocycles. The Balaban J connectivity index is 2.19. The summed E-state index contributed by atoms with van der Waals surface area (Å²) in [5, 5.41) is 7.22. The summed E-state index contributed by atoms with van der Waals surface area (Å²) in [6, 6.07) is 14.3. The van der Waals surface area contributed by atoms with Crippen LogP contribution in [0.1, 0.15) is 5.56 Å². The van der Waals surface area contributed by atoms with Crippen molar-refractivity contribution < 1.29 is 0 Å². The van der Waals surface area contributed by atoms with Crippen LogP contribution < -0.4 is 5.73 Å². The molecule has 2 aromatic carbocycles. The smallest absolute Gasteiger partial charge is 0.153 e. The number of halogens is 2. The predicted molar refractivity (Wildman–Crippen MR) is 94.0 cm³/mol. The summed E-state index contributed by atoms with van der Waals surface area (Å²) in [6.07, 6.45) is 0. The molecule has 0 aliphatic carbocycles.